The molecule has 6 heteroatoms. The number of benzene rings is 3. The zero-order valence-electron chi connectivity index (χ0n) is 15.9. The van der Waals surface area contributed by atoms with Crippen molar-refractivity contribution in [3.05, 3.63) is 89.0 Å². The van der Waals surface area contributed by atoms with Crippen molar-refractivity contribution in [1.29, 1.82) is 0 Å². The first-order valence-electron chi connectivity index (χ1n) is 8.70. The van der Waals surface area contributed by atoms with Crippen LogP contribution in [0.4, 0.5) is 5.69 Å². The maximum absolute atomic E-state index is 13.0. The molecule has 0 amide bonds. The third kappa shape index (κ3) is 3.92. The molecule has 144 valence electrons. The third-order valence-electron chi connectivity index (χ3n) is 4.43. The van der Waals surface area contributed by atoms with Gasteiger partial charge in [0.05, 0.1) is 17.7 Å². The van der Waals surface area contributed by atoms with Gasteiger partial charge in [0, 0.05) is 11.1 Å². The summed E-state index contributed by atoms with van der Waals surface area (Å²) < 4.78 is 33.9. The smallest absolute Gasteiger partial charge is 0.262 e. The summed E-state index contributed by atoms with van der Waals surface area (Å²) in [5.41, 5.74) is 2.29. The molecule has 0 radical (unpaired) electrons. The van der Waals surface area contributed by atoms with Crippen LogP contribution >= 0.6 is 0 Å². The van der Waals surface area contributed by atoms with Crippen LogP contribution in [0.15, 0.2) is 71.6 Å². The Labute approximate surface area is 165 Å². The molecule has 0 atom stereocenters. The Morgan fingerprint density at radius 3 is 2.21 bits per heavy atom. The van der Waals surface area contributed by atoms with Crippen LogP contribution in [0.1, 0.15) is 27.0 Å². The second kappa shape index (κ2) is 7.86. The molecule has 0 aliphatic rings. The monoisotopic (exact) mass is 395 g/mol. The highest BCUT2D eigenvalue weighted by atomic mass is 32.2. The minimum Gasteiger partial charge on any atom is -0.496 e. The topological polar surface area (TPSA) is 72.5 Å². The molecule has 0 aliphatic carbocycles. The first-order valence-corrected chi connectivity index (χ1v) is 10.2. The fourth-order valence-electron chi connectivity index (χ4n) is 2.99. The van der Waals surface area contributed by atoms with E-state index in [1.165, 1.54) is 0 Å². The van der Waals surface area contributed by atoms with Gasteiger partial charge < -0.3 is 4.74 Å². The number of anilines is 1. The van der Waals surface area contributed by atoms with E-state index in [1.807, 2.05) is 6.07 Å². The van der Waals surface area contributed by atoms with E-state index in [9.17, 15) is 13.2 Å². The van der Waals surface area contributed by atoms with Gasteiger partial charge in [-0.05, 0) is 49.2 Å². The second-order valence-electron chi connectivity index (χ2n) is 6.43. The first kappa shape index (κ1) is 19.6. The van der Waals surface area contributed by atoms with Gasteiger partial charge in [-0.1, -0.05) is 42.5 Å². The maximum Gasteiger partial charge on any atom is 0.262 e. The molecule has 3 rings (SSSR count). The minimum absolute atomic E-state index is 0.146. The normalized spacial score (nSPS) is 11.1. The largest absolute Gasteiger partial charge is 0.496 e. The van der Waals surface area contributed by atoms with Crippen molar-refractivity contribution in [1.82, 2.24) is 0 Å². The van der Waals surface area contributed by atoms with E-state index >= 15 is 0 Å². The number of aryl methyl sites for hydroxylation is 2. The molecule has 0 unspecified atom stereocenters. The summed E-state index contributed by atoms with van der Waals surface area (Å²) >= 11 is 0. The van der Waals surface area contributed by atoms with Crippen molar-refractivity contribution in [3.63, 3.8) is 0 Å². The van der Waals surface area contributed by atoms with Gasteiger partial charge in [0.1, 0.15) is 5.75 Å². The molecular formula is C22H21NO4S. The van der Waals surface area contributed by atoms with Crippen molar-refractivity contribution in [2.75, 3.05) is 11.8 Å². The summed E-state index contributed by atoms with van der Waals surface area (Å²) in [5, 5.41) is 0. The number of sulfonamides is 1. The Bertz CT molecular complexity index is 1120. The standard InChI is InChI=1S/C22H21NO4S/c1-15-14-21(16(2)13-20(15)27-3)28(25,26)23-19-12-8-7-11-18(19)22(24)17-9-5-4-6-10-17/h4-14,23H,1-3H3. The Kier molecular flexibility index (Phi) is 5.51. The van der Waals surface area contributed by atoms with Gasteiger partial charge >= 0.3 is 0 Å². The van der Waals surface area contributed by atoms with E-state index < -0.39 is 10.0 Å². The number of para-hydroxylation sites is 1. The molecule has 0 bridgehead atoms. The number of methoxy groups -OCH3 is 1. The highest BCUT2D eigenvalue weighted by Crippen LogP contribution is 2.28. The molecule has 0 aliphatic heterocycles. The highest BCUT2D eigenvalue weighted by Gasteiger charge is 2.22. The van der Waals surface area contributed by atoms with Gasteiger partial charge in [0.25, 0.3) is 10.0 Å². The fourth-order valence-corrected chi connectivity index (χ4v) is 4.38. The molecule has 1 N–H and O–H groups in total. The molecule has 5 nitrogen and oxygen atoms in total. The molecule has 3 aromatic carbocycles. The molecule has 0 saturated heterocycles. The van der Waals surface area contributed by atoms with Crippen molar-refractivity contribution in [3.8, 4) is 5.75 Å². The van der Waals surface area contributed by atoms with E-state index in [4.69, 9.17) is 4.74 Å². The zero-order chi connectivity index (χ0) is 20.3. The predicted molar refractivity (Wildman–Crippen MR) is 110 cm³/mol. The number of hydrogen-bond donors (Lipinski definition) is 1. The third-order valence-corrected chi connectivity index (χ3v) is 5.94. The van der Waals surface area contributed by atoms with Gasteiger partial charge in [-0.25, -0.2) is 8.42 Å². The highest BCUT2D eigenvalue weighted by molar-refractivity contribution is 7.92. The Hall–Kier alpha value is -3.12. The van der Waals surface area contributed by atoms with Gasteiger partial charge in [0.15, 0.2) is 5.78 Å². The summed E-state index contributed by atoms with van der Waals surface area (Å²) in [7, 11) is -2.35. The Balaban J connectivity index is 2.01. The molecule has 0 spiro atoms. The zero-order valence-corrected chi connectivity index (χ0v) is 16.7. The van der Waals surface area contributed by atoms with Crippen LogP contribution in [0.2, 0.25) is 0 Å². The number of rotatable bonds is 6. The van der Waals surface area contributed by atoms with Gasteiger partial charge in [-0.2, -0.15) is 0 Å². The lowest BCUT2D eigenvalue weighted by molar-refractivity contribution is 0.103. The summed E-state index contributed by atoms with van der Waals surface area (Å²) in [6.45, 7) is 3.49. The van der Waals surface area contributed by atoms with Crippen LogP contribution in [0.3, 0.4) is 0 Å². The van der Waals surface area contributed by atoms with Crippen LogP contribution < -0.4 is 9.46 Å². The lowest BCUT2D eigenvalue weighted by atomic mass is 10.0. The number of ether oxygens (including phenoxy) is 1. The average molecular weight is 395 g/mol. The summed E-state index contributed by atoms with van der Waals surface area (Å²) in [4.78, 5) is 13.0. The number of hydrogen-bond acceptors (Lipinski definition) is 4. The van der Waals surface area contributed by atoms with Gasteiger partial charge in [-0.3, -0.25) is 9.52 Å². The maximum atomic E-state index is 13.0. The van der Waals surface area contributed by atoms with Crippen LogP contribution in [0.5, 0.6) is 5.75 Å². The number of nitrogens with one attached hydrogen (secondary N) is 1. The molecule has 0 aromatic heterocycles. The summed E-state index contributed by atoms with van der Waals surface area (Å²) in [6.07, 6.45) is 0. The molecule has 3 aromatic rings. The van der Waals surface area contributed by atoms with E-state index in [-0.39, 0.29) is 16.4 Å². The van der Waals surface area contributed by atoms with E-state index in [1.54, 1.807) is 81.6 Å². The molecular weight excluding hydrogens is 374 g/mol. The predicted octanol–water partition coefficient (Wildman–Crippen LogP) is 4.34. The first-order chi connectivity index (χ1) is 13.3. The quantitative estimate of drug-likeness (QED) is 0.630. The van der Waals surface area contributed by atoms with Crippen molar-refractivity contribution in [2.24, 2.45) is 0 Å². The van der Waals surface area contributed by atoms with Gasteiger partial charge in [0.2, 0.25) is 0 Å². The van der Waals surface area contributed by atoms with Crippen molar-refractivity contribution in [2.45, 2.75) is 18.7 Å². The van der Waals surface area contributed by atoms with E-state index in [2.05, 4.69) is 4.72 Å². The lowest BCUT2D eigenvalue weighted by Gasteiger charge is -2.15. The van der Waals surface area contributed by atoms with E-state index in [0.717, 1.165) is 0 Å². The second-order valence-corrected chi connectivity index (χ2v) is 8.08. The number of carbonyl (C=O) groups excluding carboxylic acids is 1. The summed E-state index contributed by atoms with van der Waals surface area (Å²) in [6, 6.07) is 18.6. The number of carbonyl (C=O) groups is 1. The average Bonchev–Trinajstić information content (AvgIpc) is 2.69. The summed E-state index contributed by atoms with van der Waals surface area (Å²) in [5.74, 6) is 0.373. The Morgan fingerprint density at radius 1 is 0.893 bits per heavy atom. The van der Waals surface area contributed by atoms with Crippen LogP contribution in [-0.4, -0.2) is 21.3 Å². The van der Waals surface area contributed by atoms with Gasteiger partial charge in [-0.15, -0.1) is 0 Å². The van der Waals surface area contributed by atoms with Crippen LogP contribution in [-0.2, 0) is 10.0 Å². The number of ketones is 1. The minimum atomic E-state index is -3.89. The molecule has 28 heavy (non-hydrogen) atoms. The lowest BCUT2D eigenvalue weighted by Crippen LogP contribution is -2.17. The molecule has 0 heterocycles. The molecule has 0 saturated carbocycles. The molecule has 0 fully saturated rings. The fraction of sp³-hybridized carbons (Fsp3) is 0.136. The SMILES string of the molecule is COc1cc(C)c(S(=O)(=O)Nc2ccccc2C(=O)c2ccccc2)cc1C. The van der Waals surface area contributed by atoms with Crippen LogP contribution in [0.25, 0.3) is 0 Å². The Morgan fingerprint density at radius 2 is 1.54 bits per heavy atom. The van der Waals surface area contributed by atoms with Crippen molar-refractivity contribution < 1.29 is 17.9 Å². The van der Waals surface area contributed by atoms with Crippen molar-refractivity contribution >= 4 is 21.5 Å². The van der Waals surface area contributed by atoms with Crippen LogP contribution in [0, 0.1) is 13.8 Å². The van der Waals surface area contributed by atoms with E-state index in [0.29, 0.717) is 28.0 Å².